The van der Waals surface area contributed by atoms with E-state index in [0.29, 0.717) is 4.90 Å². The highest BCUT2D eigenvalue weighted by Crippen LogP contribution is 2.14. The summed E-state index contributed by atoms with van der Waals surface area (Å²) in [5, 5.41) is 2.88. The lowest BCUT2D eigenvalue weighted by Crippen LogP contribution is -2.45. The first-order valence-corrected chi connectivity index (χ1v) is 11.2. The van der Waals surface area contributed by atoms with E-state index < -0.39 is 66.3 Å². The molecule has 2 rings (SSSR count). The molecule has 3 N–H and O–H groups in total. The molecule has 0 aromatic heterocycles. The van der Waals surface area contributed by atoms with Gasteiger partial charge in [-0.2, -0.15) is 0 Å². The third-order valence-corrected chi connectivity index (χ3v) is 4.40. The predicted octanol–water partition coefficient (Wildman–Crippen LogP) is -1.48. The van der Waals surface area contributed by atoms with Gasteiger partial charge in [-0.1, -0.05) is 0 Å². The number of amides is 6. The van der Waals surface area contributed by atoms with E-state index in [1.165, 1.54) is 7.05 Å². The Bertz CT molecular complexity index is 860. The first-order chi connectivity index (χ1) is 17.3. The predicted molar refractivity (Wildman–Crippen MR) is 120 cm³/mol. The molecular weight excluding hydrogens is 498 g/mol. The van der Waals surface area contributed by atoms with Gasteiger partial charge in [-0.3, -0.25) is 24.0 Å². The van der Waals surface area contributed by atoms with E-state index >= 15 is 0 Å². The number of hydrogen-bond donors (Lipinski definition) is 2. The quantitative estimate of drug-likeness (QED) is 0.327. The van der Waals surface area contributed by atoms with Gasteiger partial charge in [-0.25, -0.2) is 14.4 Å². The van der Waals surface area contributed by atoms with Crippen LogP contribution in [0.4, 0.5) is 4.79 Å². The summed E-state index contributed by atoms with van der Waals surface area (Å²) in [6.45, 7) is 2.95. The number of hydroxylamine groups is 4. The highest BCUT2D eigenvalue weighted by Gasteiger charge is 2.35. The SMILES string of the molecule is CC(C)(C)OC(=O)NCCC(=O)N(CC(=O)ON1C(=O)CCC1=O)CC(=O)ON1C(=O)CCC1=O.CN. The second kappa shape index (κ2) is 13.9. The summed E-state index contributed by atoms with van der Waals surface area (Å²) < 4.78 is 5.04. The Balaban J connectivity index is 0.00000334. The Hall–Kier alpha value is -4.08. The lowest BCUT2D eigenvalue weighted by atomic mass is 10.2. The molecule has 0 radical (unpaired) electrons. The molecule has 0 bridgehead atoms. The number of rotatable bonds is 9. The largest absolute Gasteiger partial charge is 0.444 e. The molecule has 206 valence electrons. The maximum Gasteiger partial charge on any atom is 0.407 e. The Kier molecular flexibility index (Phi) is 11.6. The van der Waals surface area contributed by atoms with Crippen molar-refractivity contribution in [3.05, 3.63) is 0 Å². The van der Waals surface area contributed by atoms with Crippen molar-refractivity contribution < 1.29 is 52.8 Å². The van der Waals surface area contributed by atoms with E-state index in [0.717, 1.165) is 0 Å². The third kappa shape index (κ3) is 10.2. The van der Waals surface area contributed by atoms with Gasteiger partial charge in [0.15, 0.2) is 0 Å². The molecule has 2 fully saturated rings. The van der Waals surface area contributed by atoms with Crippen LogP contribution in [0.15, 0.2) is 0 Å². The summed E-state index contributed by atoms with van der Waals surface area (Å²) in [7, 11) is 1.50. The number of hydrogen-bond acceptors (Lipinski definition) is 12. The smallest absolute Gasteiger partial charge is 0.407 e. The lowest BCUT2D eigenvalue weighted by molar-refractivity contribution is -0.201. The second-order valence-electron chi connectivity index (χ2n) is 8.52. The number of imide groups is 2. The van der Waals surface area contributed by atoms with Crippen LogP contribution in [0.25, 0.3) is 0 Å². The molecule has 0 spiro atoms. The third-order valence-electron chi connectivity index (χ3n) is 4.40. The van der Waals surface area contributed by atoms with Gasteiger partial charge in [-0.15, -0.1) is 10.1 Å². The maximum atomic E-state index is 12.6. The minimum absolute atomic E-state index is 0.144. The first-order valence-electron chi connectivity index (χ1n) is 11.2. The van der Waals surface area contributed by atoms with Crippen molar-refractivity contribution in [1.29, 1.82) is 0 Å². The zero-order chi connectivity index (χ0) is 28.3. The van der Waals surface area contributed by atoms with Gasteiger partial charge >= 0.3 is 18.0 Å². The summed E-state index contributed by atoms with van der Waals surface area (Å²) >= 11 is 0. The van der Waals surface area contributed by atoms with E-state index in [4.69, 9.17) is 14.4 Å². The zero-order valence-corrected chi connectivity index (χ0v) is 21.1. The second-order valence-corrected chi connectivity index (χ2v) is 8.52. The molecule has 16 heteroatoms. The molecule has 6 amide bonds. The number of nitrogens with zero attached hydrogens (tertiary/aromatic N) is 3. The minimum atomic E-state index is -1.21. The van der Waals surface area contributed by atoms with Crippen molar-refractivity contribution >= 4 is 47.6 Å². The van der Waals surface area contributed by atoms with Gasteiger partial charge in [0.05, 0.1) is 0 Å². The standard InChI is InChI=1S/C20H26N4O11.CH5N/c1-20(2,3)33-19(32)21-9-8-12(25)22(10-17(30)34-23-13(26)4-5-14(23)27)11-18(31)35-24-15(28)6-7-16(24)29;1-2/h4-11H2,1-3H3,(H,21,32);2H2,1H3. The van der Waals surface area contributed by atoms with Gasteiger partial charge in [0.25, 0.3) is 23.6 Å². The average molecular weight is 530 g/mol. The number of alkyl carbamates (subject to hydrolysis) is 1. The number of carbonyl (C=O) groups excluding carboxylic acids is 8. The number of nitrogens with two attached hydrogens (primary N) is 1. The molecule has 2 aliphatic heterocycles. The van der Waals surface area contributed by atoms with Gasteiger partial charge in [0.2, 0.25) is 5.91 Å². The minimum Gasteiger partial charge on any atom is -0.444 e. The topological polar surface area (TPSA) is 212 Å². The van der Waals surface area contributed by atoms with Gasteiger partial charge < -0.3 is 30.4 Å². The summed E-state index contributed by atoms with van der Waals surface area (Å²) in [4.78, 5) is 105. The van der Waals surface area contributed by atoms with Crippen molar-refractivity contribution in [3.8, 4) is 0 Å². The van der Waals surface area contributed by atoms with Crippen LogP contribution in [0.1, 0.15) is 52.9 Å². The molecule has 0 aromatic rings. The van der Waals surface area contributed by atoms with Gasteiger partial charge in [0, 0.05) is 38.6 Å². The van der Waals surface area contributed by atoms with Crippen LogP contribution in [-0.4, -0.2) is 94.9 Å². The van der Waals surface area contributed by atoms with Crippen LogP contribution < -0.4 is 11.1 Å². The fourth-order valence-electron chi connectivity index (χ4n) is 2.86. The highest BCUT2D eigenvalue weighted by molar-refractivity contribution is 6.02. The average Bonchev–Trinajstić information content (AvgIpc) is 3.29. The van der Waals surface area contributed by atoms with Gasteiger partial charge in [-0.05, 0) is 27.8 Å². The van der Waals surface area contributed by atoms with Crippen LogP contribution in [0, 0.1) is 0 Å². The van der Waals surface area contributed by atoms with Crippen molar-refractivity contribution in [2.24, 2.45) is 5.73 Å². The Morgan fingerprint density at radius 1 is 0.811 bits per heavy atom. The molecule has 0 unspecified atom stereocenters. The van der Waals surface area contributed by atoms with E-state index in [1.807, 2.05) is 0 Å². The first kappa shape index (κ1) is 31.0. The van der Waals surface area contributed by atoms with E-state index in [-0.39, 0.29) is 48.8 Å². The van der Waals surface area contributed by atoms with E-state index in [1.54, 1.807) is 20.8 Å². The molecule has 0 aliphatic carbocycles. The molecule has 2 heterocycles. The normalized spacial score (nSPS) is 15.2. The highest BCUT2D eigenvalue weighted by atomic mass is 16.7. The van der Waals surface area contributed by atoms with Crippen LogP contribution >= 0.6 is 0 Å². The van der Waals surface area contributed by atoms with Gasteiger partial charge in [0.1, 0.15) is 18.7 Å². The monoisotopic (exact) mass is 529 g/mol. The molecule has 37 heavy (non-hydrogen) atoms. The molecule has 16 nitrogen and oxygen atoms in total. The lowest BCUT2D eigenvalue weighted by Gasteiger charge is -2.23. The van der Waals surface area contributed by atoms with Crippen LogP contribution in [0.3, 0.4) is 0 Å². The number of carbonyl (C=O) groups is 8. The summed E-state index contributed by atoms with van der Waals surface area (Å²) in [5.74, 6) is -6.21. The van der Waals surface area contributed by atoms with Crippen molar-refractivity contribution in [2.75, 3.05) is 26.7 Å². The summed E-state index contributed by atoms with van der Waals surface area (Å²) in [6, 6.07) is 0. The Morgan fingerprint density at radius 3 is 1.54 bits per heavy atom. The van der Waals surface area contributed by atoms with Crippen LogP contribution in [0.2, 0.25) is 0 Å². The fraction of sp³-hybridized carbons (Fsp3) is 0.619. The summed E-state index contributed by atoms with van der Waals surface area (Å²) in [6.07, 6.45) is -1.76. The van der Waals surface area contributed by atoms with E-state index in [2.05, 4.69) is 11.1 Å². The molecule has 0 saturated carbocycles. The van der Waals surface area contributed by atoms with Crippen molar-refractivity contribution in [3.63, 3.8) is 0 Å². The Labute approximate surface area is 212 Å². The fourth-order valence-corrected chi connectivity index (χ4v) is 2.86. The molecule has 2 aliphatic rings. The summed E-state index contributed by atoms with van der Waals surface area (Å²) in [5.41, 5.74) is 3.72. The van der Waals surface area contributed by atoms with Crippen LogP contribution in [0.5, 0.6) is 0 Å². The number of nitrogens with one attached hydrogen (secondary N) is 1. The van der Waals surface area contributed by atoms with E-state index in [9.17, 15) is 38.4 Å². The Morgan fingerprint density at radius 2 is 1.19 bits per heavy atom. The molecule has 0 atom stereocenters. The maximum absolute atomic E-state index is 12.6. The molecular formula is C21H31N5O11. The van der Waals surface area contributed by atoms with Crippen LogP contribution in [-0.2, 0) is 48.0 Å². The zero-order valence-electron chi connectivity index (χ0n) is 21.1. The molecule has 2 saturated heterocycles. The number of ether oxygens (including phenoxy) is 1. The van der Waals surface area contributed by atoms with Crippen molar-refractivity contribution in [1.82, 2.24) is 20.3 Å². The van der Waals surface area contributed by atoms with Crippen molar-refractivity contribution in [2.45, 2.75) is 58.5 Å². The molecule has 0 aromatic carbocycles.